The number of hydrogen-bond donors (Lipinski definition) is 0. The Kier molecular flexibility index (Phi) is 3.28. The minimum absolute atomic E-state index is 0.231. The highest BCUT2D eigenvalue weighted by Crippen LogP contribution is 2.34. The summed E-state index contributed by atoms with van der Waals surface area (Å²) in [6.07, 6.45) is 4.46. The van der Waals surface area contributed by atoms with Crippen molar-refractivity contribution in [2.24, 2.45) is 0 Å². The normalized spacial score (nSPS) is 16.0. The first-order valence-corrected chi connectivity index (χ1v) is 6.54. The quantitative estimate of drug-likeness (QED) is 0.795. The van der Waals surface area contributed by atoms with Crippen LogP contribution < -0.4 is 9.47 Å². The topological polar surface area (TPSA) is 31.4 Å². The van der Waals surface area contributed by atoms with Crippen molar-refractivity contribution in [2.45, 2.75) is 45.3 Å². The lowest BCUT2D eigenvalue weighted by Crippen LogP contribution is -2.24. The summed E-state index contributed by atoms with van der Waals surface area (Å²) in [5.74, 6) is 1.55. The average molecular weight is 333 g/mol. The Bertz CT molecular complexity index is 383. The third kappa shape index (κ3) is 3.23. The van der Waals surface area contributed by atoms with Crippen molar-refractivity contribution in [3.8, 4) is 11.6 Å². The lowest BCUT2D eigenvalue weighted by molar-refractivity contribution is 0.122. The molecule has 3 nitrogen and oxygen atoms in total. The molecule has 0 amide bonds. The van der Waals surface area contributed by atoms with Gasteiger partial charge in [0.2, 0.25) is 5.88 Å². The fourth-order valence-electron chi connectivity index (χ4n) is 1.23. The van der Waals surface area contributed by atoms with Crippen molar-refractivity contribution in [1.29, 1.82) is 0 Å². The van der Waals surface area contributed by atoms with Crippen LogP contribution in [-0.2, 0) is 0 Å². The van der Waals surface area contributed by atoms with Crippen molar-refractivity contribution in [3.63, 3.8) is 0 Å². The molecule has 1 aliphatic rings. The fraction of sp³-hybridized carbons (Fsp3) is 0.583. The second kappa shape index (κ2) is 4.39. The zero-order valence-corrected chi connectivity index (χ0v) is 11.9. The number of pyridine rings is 1. The van der Waals surface area contributed by atoms with Gasteiger partial charge in [-0.1, -0.05) is 0 Å². The molecule has 1 aliphatic carbocycles. The highest BCUT2D eigenvalue weighted by atomic mass is 127. The number of hydrogen-bond acceptors (Lipinski definition) is 3. The Hall–Kier alpha value is -0.520. The van der Waals surface area contributed by atoms with E-state index in [1.54, 1.807) is 6.20 Å². The molecule has 1 saturated carbocycles. The molecule has 0 radical (unpaired) electrons. The third-order valence-electron chi connectivity index (χ3n) is 2.04. The predicted octanol–water partition coefficient (Wildman–Crippen LogP) is 3.40. The monoisotopic (exact) mass is 333 g/mol. The van der Waals surface area contributed by atoms with E-state index in [0.717, 1.165) is 22.2 Å². The molecule has 1 aromatic heterocycles. The standard InChI is InChI=1S/C12H16INO2/c1-12(2,3)16-11-10(13)9(6-7-14-11)15-8-4-5-8/h6-8H,4-5H2,1-3H3. The molecule has 1 aromatic rings. The fourth-order valence-corrected chi connectivity index (χ4v) is 1.78. The molecule has 2 rings (SSSR count). The van der Waals surface area contributed by atoms with Crippen molar-refractivity contribution >= 4 is 22.6 Å². The van der Waals surface area contributed by atoms with E-state index in [0.29, 0.717) is 12.0 Å². The molecule has 0 atom stereocenters. The van der Waals surface area contributed by atoms with Crippen LogP contribution in [0.25, 0.3) is 0 Å². The molecular formula is C12H16INO2. The Morgan fingerprint density at radius 3 is 2.62 bits per heavy atom. The van der Waals surface area contributed by atoms with Crippen LogP contribution in [0.2, 0.25) is 0 Å². The summed E-state index contributed by atoms with van der Waals surface area (Å²) < 4.78 is 12.5. The molecule has 0 spiro atoms. The number of ether oxygens (including phenoxy) is 2. The van der Waals surface area contributed by atoms with Crippen LogP contribution in [-0.4, -0.2) is 16.7 Å². The number of rotatable bonds is 3. The molecule has 0 N–H and O–H groups in total. The van der Waals surface area contributed by atoms with Gasteiger partial charge in [0.15, 0.2) is 0 Å². The Labute approximate surface area is 110 Å². The van der Waals surface area contributed by atoms with Gasteiger partial charge in [-0.15, -0.1) is 0 Å². The molecule has 0 aromatic carbocycles. The van der Waals surface area contributed by atoms with Crippen molar-refractivity contribution in [3.05, 3.63) is 15.8 Å². The summed E-state index contributed by atoms with van der Waals surface area (Å²) in [6, 6.07) is 1.90. The van der Waals surface area contributed by atoms with E-state index in [2.05, 4.69) is 27.6 Å². The van der Waals surface area contributed by atoms with E-state index in [9.17, 15) is 0 Å². The third-order valence-corrected chi connectivity index (χ3v) is 3.04. The smallest absolute Gasteiger partial charge is 0.231 e. The summed E-state index contributed by atoms with van der Waals surface area (Å²) in [4.78, 5) is 4.24. The van der Waals surface area contributed by atoms with Gasteiger partial charge >= 0.3 is 0 Å². The molecule has 88 valence electrons. The summed E-state index contributed by atoms with van der Waals surface area (Å²) in [5.41, 5.74) is -0.231. The van der Waals surface area contributed by atoms with E-state index in [4.69, 9.17) is 9.47 Å². The zero-order chi connectivity index (χ0) is 11.8. The molecule has 0 unspecified atom stereocenters. The number of halogens is 1. The first kappa shape index (κ1) is 12.0. The summed E-state index contributed by atoms with van der Waals surface area (Å²) in [5, 5.41) is 0. The second-order valence-corrected chi connectivity index (χ2v) is 6.04. The maximum absolute atomic E-state index is 5.78. The van der Waals surface area contributed by atoms with Crippen molar-refractivity contribution in [2.75, 3.05) is 0 Å². The van der Waals surface area contributed by atoms with Gasteiger partial charge in [0.25, 0.3) is 0 Å². The Morgan fingerprint density at radius 1 is 1.38 bits per heavy atom. The first-order chi connectivity index (χ1) is 7.46. The second-order valence-electron chi connectivity index (χ2n) is 4.96. The van der Waals surface area contributed by atoms with Gasteiger partial charge in [0, 0.05) is 6.20 Å². The Morgan fingerprint density at radius 2 is 2.06 bits per heavy atom. The first-order valence-electron chi connectivity index (χ1n) is 5.46. The van der Waals surface area contributed by atoms with E-state index in [1.165, 1.54) is 0 Å². The van der Waals surface area contributed by atoms with Crippen LogP contribution in [0.15, 0.2) is 12.3 Å². The number of aromatic nitrogens is 1. The summed E-state index contributed by atoms with van der Waals surface area (Å²) >= 11 is 2.23. The molecule has 0 bridgehead atoms. The van der Waals surface area contributed by atoms with Gasteiger partial charge in [-0.3, -0.25) is 0 Å². The van der Waals surface area contributed by atoms with Gasteiger partial charge in [-0.25, -0.2) is 4.98 Å². The highest BCUT2D eigenvalue weighted by molar-refractivity contribution is 14.1. The van der Waals surface area contributed by atoms with Crippen LogP contribution in [0.4, 0.5) is 0 Å². The van der Waals surface area contributed by atoms with Crippen molar-refractivity contribution < 1.29 is 9.47 Å². The zero-order valence-electron chi connectivity index (χ0n) is 9.79. The average Bonchev–Trinajstić information content (AvgIpc) is 2.93. The van der Waals surface area contributed by atoms with E-state index < -0.39 is 0 Å². The van der Waals surface area contributed by atoms with Crippen LogP contribution >= 0.6 is 22.6 Å². The highest BCUT2D eigenvalue weighted by Gasteiger charge is 2.25. The molecule has 4 heteroatoms. The molecule has 16 heavy (non-hydrogen) atoms. The van der Waals surface area contributed by atoms with Gasteiger partial charge in [-0.05, 0) is 62.3 Å². The number of nitrogens with zero attached hydrogens (tertiary/aromatic N) is 1. The SMILES string of the molecule is CC(C)(C)Oc1nccc(OC2CC2)c1I. The molecule has 0 aliphatic heterocycles. The minimum atomic E-state index is -0.231. The van der Waals surface area contributed by atoms with Gasteiger partial charge in [0.1, 0.15) is 14.9 Å². The van der Waals surface area contributed by atoms with Crippen LogP contribution in [0.1, 0.15) is 33.6 Å². The molecule has 1 heterocycles. The largest absolute Gasteiger partial charge is 0.489 e. The summed E-state index contributed by atoms with van der Waals surface area (Å²) in [6.45, 7) is 6.04. The maximum atomic E-state index is 5.78. The minimum Gasteiger partial charge on any atom is -0.489 e. The van der Waals surface area contributed by atoms with Crippen LogP contribution in [0.3, 0.4) is 0 Å². The van der Waals surface area contributed by atoms with E-state index in [-0.39, 0.29) is 5.60 Å². The van der Waals surface area contributed by atoms with Gasteiger partial charge in [0.05, 0.1) is 6.10 Å². The molecule has 1 fully saturated rings. The molecular weight excluding hydrogens is 317 g/mol. The summed E-state index contributed by atoms with van der Waals surface area (Å²) in [7, 11) is 0. The van der Waals surface area contributed by atoms with Crippen molar-refractivity contribution in [1.82, 2.24) is 4.98 Å². The molecule has 0 saturated heterocycles. The van der Waals surface area contributed by atoms with E-state index >= 15 is 0 Å². The lowest BCUT2D eigenvalue weighted by atomic mass is 10.2. The maximum Gasteiger partial charge on any atom is 0.231 e. The Balaban J connectivity index is 2.18. The van der Waals surface area contributed by atoms with Gasteiger partial charge < -0.3 is 9.47 Å². The van der Waals surface area contributed by atoms with Crippen LogP contribution in [0, 0.1) is 3.57 Å². The van der Waals surface area contributed by atoms with E-state index in [1.807, 2.05) is 26.8 Å². The predicted molar refractivity (Wildman–Crippen MR) is 71.0 cm³/mol. The van der Waals surface area contributed by atoms with Gasteiger partial charge in [-0.2, -0.15) is 0 Å². The van der Waals surface area contributed by atoms with Crippen LogP contribution in [0.5, 0.6) is 11.6 Å². The lowest BCUT2D eigenvalue weighted by Gasteiger charge is -2.21.